The summed E-state index contributed by atoms with van der Waals surface area (Å²) < 4.78 is 6.66. The van der Waals surface area contributed by atoms with Crippen LogP contribution in [0.1, 0.15) is 6.92 Å². The molecule has 0 saturated carbocycles. The maximum absolute atomic E-state index is 6.17. The molecule has 0 aromatic rings. The van der Waals surface area contributed by atoms with Gasteiger partial charge in [0.05, 0.1) is 6.10 Å². The van der Waals surface area contributed by atoms with E-state index in [9.17, 15) is 0 Å². The van der Waals surface area contributed by atoms with E-state index < -0.39 is 24.2 Å². The second-order valence-electron chi connectivity index (χ2n) is 8.52. The summed E-state index contributed by atoms with van der Waals surface area (Å²) in [6, 6.07) is 0. The van der Waals surface area contributed by atoms with Crippen molar-refractivity contribution in [3.05, 3.63) is 19.4 Å². The van der Waals surface area contributed by atoms with Crippen molar-refractivity contribution in [1.29, 1.82) is 0 Å². The average Bonchev–Trinajstić information content (AvgIpc) is 2.11. The Morgan fingerprint density at radius 2 is 1.21 bits per heavy atom. The molecule has 0 aliphatic carbocycles. The largest absolute Gasteiger partial charge is 0.409 e. The monoisotopic (exact) mass is 329 g/mol. The van der Waals surface area contributed by atoms with Gasteiger partial charge in [-0.1, -0.05) is 58.9 Å². The van der Waals surface area contributed by atoms with Crippen molar-refractivity contribution in [2.75, 3.05) is 0 Å². The van der Waals surface area contributed by atoms with Gasteiger partial charge in [-0.05, 0) is 24.2 Å². The summed E-state index contributed by atoms with van der Waals surface area (Å²) in [7, 11) is -3.36. The normalized spacial score (nSPS) is 15.2. The molecule has 0 saturated heterocycles. The predicted molar refractivity (Wildman–Crippen MR) is 98.1 cm³/mol. The first-order valence-electron chi connectivity index (χ1n) is 7.11. The minimum atomic E-state index is -1.32. The van der Waals surface area contributed by atoms with Crippen LogP contribution in [0.3, 0.4) is 0 Å². The quantitative estimate of drug-likeness (QED) is 0.597. The van der Waals surface area contributed by atoms with Gasteiger partial charge in [-0.3, -0.25) is 0 Å². The lowest BCUT2D eigenvalue weighted by Gasteiger charge is -2.58. The van der Waals surface area contributed by atoms with Gasteiger partial charge in [-0.15, -0.1) is 0 Å². The van der Waals surface area contributed by atoms with Crippen LogP contribution in [0.2, 0.25) is 62.8 Å². The van der Waals surface area contributed by atoms with Gasteiger partial charge in [0.1, 0.15) is 0 Å². The molecule has 19 heavy (non-hydrogen) atoms. The fourth-order valence-corrected chi connectivity index (χ4v) is 35.6. The van der Waals surface area contributed by atoms with E-state index in [0.29, 0.717) is 13.7 Å². The highest BCUT2D eigenvalue weighted by molar-refractivity contribution is 7.22. The second kappa shape index (κ2) is 6.30. The Bertz CT molecular complexity index is 247. The molecule has 0 heterocycles. The van der Waals surface area contributed by atoms with Crippen LogP contribution in [0.5, 0.6) is 0 Å². The van der Waals surface area contributed by atoms with Crippen molar-refractivity contribution in [2.24, 2.45) is 0 Å². The smallest absolute Gasteiger partial charge is 0.228 e. The summed E-state index contributed by atoms with van der Waals surface area (Å²) in [6.07, 6.45) is 2.83. The molecule has 0 atom stereocenters. The van der Waals surface area contributed by atoms with Crippen molar-refractivity contribution in [1.82, 2.24) is 0 Å². The number of hydrogen-bond donors (Lipinski definition) is 0. The molecule has 0 bridgehead atoms. The summed E-state index contributed by atoms with van der Waals surface area (Å²) in [5, 5.41) is 0. The Morgan fingerprint density at radius 3 is 1.42 bits per heavy atom. The highest BCUT2D eigenvalue weighted by Gasteiger charge is 2.60. The second-order valence-corrected chi connectivity index (χ2v) is 28.4. The first-order chi connectivity index (χ1) is 8.20. The molecule has 0 aromatic carbocycles. The Hall–Kier alpha value is 0.828. The minimum Gasteiger partial charge on any atom is -0.409 e. The van der Waals surface area contributed by atoms with E-state index >= 15 is 0 Å². The average molecular weight is 330 g/mol. The van der Waals surface area contributed by atoms with E-state index in [1.54, 1.807) is 0 Å². The van der Waals surface area contributed by atoms with Crippen LogP contribution >= 0.6 is 0 Å². The summed E-state index contributed by atoms with van der Waals surface area (Å²) in [5.41, 5.74) is 0. The molecule has 0 aliphatic heterocycles. The van der Waals surface area contributed by atoms with E-state index in [1.165, 1.54) is 0 Å². The number of hydrogen-bond acceptors (Lipinski definition) is 1. The SMILES string of the molecule is [CH2][CH][C](C)O[Si]C([Si](C)(C)C)([Si](C)(C)C)[Si](C)(C)C. The Morgan fingerprint density at radius 1 is 0.895 bits per heavy atom. The fourth-order valence-electron chi connectivity index (χ4n) is 4.03. The Labute approximate surface area is 127 Å². The molecule has 0 aromatic heterocycles. The lowest BCUT2D eigenvalue weighted by molar-refractivity contribution is 0.376. The maximum Gasteiger partial charge on any atom is 0.228 e. The molecule has 0 aliphatic rings. The summed E-state index contributed by atoms with van der Waals surface area (Å²) >= 11 is 0. The van der Waals surface area contributed by atoms with Crippen molar-refractivity contribution in [3.63, 3.8) is 0 Å². The standard InChI is InChI=1S/C14H33OSi4/c1-12-13(2)15-16-14(17(3,4)5,18(6,7)8)19(9,10)11/h12H,1H2,2-11H3. The van der Waals surface area contributed by atoms with Crippen LogP contribution in [0.25, 0.3) is 0 Å². The topological polar surface area (TPSA) is 9.23 Å². The van der Waals surface area contributed by atoms with Gasteiger partial charge < -0.3 is 4.43 Å². The Kier molecular flexibility index (Phi) is 6.57. The first-order valence-corrected chi connectivity index (χ1v) is 18.5. The molecule has 1 nitrogen and oxygen atoms in total. The molecular weight excluding hydrogens is 296 g/mol. The van der Waals surface area contributed by atoms with Crippen LogP contribution in [0, 0.1) is 19.4 Å². The first kappa shape index (κ1) is 19.8. The van der Waals surface area contributed by atoms with Gasteiger partial charge in [0.15, 0.2) is 0 Å². The van der Waals surface area contributed by atoms with Crippen LogP contribution < -0.4 is 0 Å². The van der Waals surface area contributed by atoms with Crippen LogP contribution in [-0.4, -0.2) is 34.0 Å². The van der Waals surface area contributed by atoms with E-state index in [2.05, 4.69) is 65.8 Å². The lowest BCUT2D eigenvalue weighted by atomic mass is 10.3. The third-order valence-electron chi connectivity index (χ3n) is 4.03. The molecule has 0 unspecified atom stereocenters. The van der Waals surface area contributed by atoms with Gasteiger partial charge in [0.25, 0.3) is 0 Å². The zero-order chi connectivity index (χ0) is 15.7. The van der Waals surface area contributed by atoms with Gasteiger partial charge in [0.2, 0.25) is 9.76 Å². The van der Waals surface area contributed by atoms with Crippen LogP contribution in [0.4, 0.5) is 0 Å². The van der Waals surface area contributed by atoms with Crippen LogP contribution in [0.15, 0.2) is 0 Å². The molecular formula is C14H33OSi4. The van der Waals surface area contributed by atoms with Crippen molar-refractivity contribution >= 4 is 34.0 Å². The summed E-state index contributed by atoms with van der Waals surface area (Å²) in [5.74, 6) is 0. The molecule has 0 fully saturated rings. The Balaban J connectivity index is 5.69. The molecule has 0 amide bonds. The van der Waals surface area contributed by atoms with Gasteiger partial charge in [-0.25, -0.2) is 0 Å². The van der Waals surface area contributed by atoms with E-state index in [1.807, 2.05) is 13.3 Å². The summed E-state index contributed by atoms with van der Waals surface area (Å²) in [6.45, 7) is 28.8. The molecule has 5 radical (unpaired) electrons. The highest BCUT2D eigenvalue weighted by Crippen LogP contribution is 2.53. The zero-order valence-electron chi connectivity index (χ0n) is 14.7. The van der Waals surface area contributed by atoms with E-state index in [4.69, 9.17) is 4.43 Å². The third kappa shape index (κ3) is 4.15. The van der Waals surface area contributed by atoms with Gasteiger partial charge in [-0.2, -0.15) is 0 Å². The summed E-state index contributed by atoms with van der Waals surface area (Å²) in [4.78, 5) is 0. The lowest BCUT2D eigenvalue weighted by Crippen LogP contribution is -2.69. The van der Waals surface area contributed by atoms with Crippen molar-refractivity contribution < 1.29 is 4.43 Å². The maximum atomic E-state index is 6.17. The van der Waals surface area contributed by atoms with Gasteiger partial charge >= 0.3 is 0 Å². The number of rotatable bonds is 7. The molecule has 5 heteroatoms. The van der Waals surface area contributed by atoms with E-state index in [-0.39, 0.29) is 0 Å². The fraction of sp³-hybridized carbons (Fsp3) is 0.786. The highest BCUT2D eigenvalue weighted by atomic mass is 28.5. The van der Waals surface area contributed by atoms with Crippen molar-refractivity contribution in [3.8, 4) is 0 Å². The predicted octanol–water partition coefficient (Wildman–Crippen LogP) is 5.00. The molecule has 0 N–H and O–H groups in total. The molecule has 0 spiro atoms. The van der Waals surface area contributed by atoms with Crippen molar-refractivity contribution in [2.45, 2.75) is 69.8 Å². The van der Waals surface area contributed by atoms with E-state index in [0.717, 1.165) is 6.10 Å². The molecule has 111 valence electrons. The zero-order valence-corrected chi connectivity index (χ0v) is 18.7. The van der Waals surface area contributed by atoms with Gasteiger partial charge in [0, 0.05) is 24.2 Å². The van der Waals surface area contributed by atoms with Crippen LogP contribution in [-0.2, 0) is 4.43 Å². The minimum absolute atomic E-state index is 0.497. The molecule has 0 rings (SSSR count). The third-order valence-corrected chi connectivity index (χ3v) is 32.7.